The minimum absolute atomic E-state index is 0.129. The second-order valence-corrected chi connectivity index (χ2v) is 6.75. The second-order valence-electron chi connectivity index (χ2n) is 6.75. The first-order valence-electron chi connectivity index (χ1n) is 9.36. The van der Waals surface area contributed by atoms with Crippen molar-refractivity contribution in [3.05, 3.63) is 84.2 Å². The summed E-state index contributed by atoms with van der Waals surface area (Å²) < 4.78 is 17.2. The molecule has 0 fully saturated rings. The normalized spacial score (nSPS) is 11.0. The summed E-state index contributed by atoms with van der Waals surface area (Å²) in [5.74, 6) is -0.514. The van der Waals surface area contributed by atoms with Crippen LogP contribution in [0.2, 0.25) is 0 Å². The van der Waals surface area contributed by atoms with Crippen LogP contribution in [0, 0.1) is 12.7 Å². The molecule has 3 aromatic heterocycles. The molecule has 0 unspecified atom stereocenters. The fourth-order valence-corrected chi connectivity index (χ4v) is 3.28. The molecule has 10 heteroatoms. The van der Waals surface area contributed by atoms with Gasteiger partial charge in [-0.2, -0.15) is 9.78 Å². The van der Waals surface area contributed by atoms with Crippen molar-refractivity contribution in [2.75, 3.05) is 5.32 Å². The number of nitrogens with one attached hydrogen (secondary N) is 1. The zero-order chi connectivity index (χ0) is 21.4. The fraction of sp³-hybridized carbons (Fsp3) is 0.0476. The van der Waals surface area contributed by atoms with Crippen molar-refractivity contribution in [3.8, 4) is 16.9 Å². The standard InChI is InChI=1S/C21H15FN8O/c1-13-26-27-28-29(13)19-11-15(7-8-17(19)22)25-21(31)16-12-24-30-18(9-10-23-20(16)30)14-5-3-2-4-6-14/h2-12H,1H3,(H,25,31). The summed E-state index contributed by atoms with van der Waals surface area (Å²) in [4.78, 5) is 17.3. The number of benzene rings is 2. The number of tetrazole rings is 1. The second kappa shape index (κ2) is 7.41. The highest BCUT2D eigenvalue weighted by atomic mass is 19.1. The largest absolute Gasteiger partial charge is 0.322 e. The maximum absolute atomic E-state index is 14.3. The Balaban J connectivity index is 1.49. The van der Waals surface area contributed by atoms with E-state index in [9.17, 15) is 9.18 Å². The van der Waals surface area contributed by atoms with E-state index in [4.69, 9.17) is 0 Å². The van der Waals surface area contributed by atoms with Gasteiger partial charge in [0.05, 0.1) is 11.9 Å². The van der Waals surface area contributed by atoms with Crippen LogP contribution in [0.5, 0.6) is 0 Å². The van der Waals surface area contributed by atoms with Crippen molar-refractivity contribution in [2.45, 2.75) is 6.92 Å². The van der Waals surface area contributed by atoms with Gasteiger partial charge in [0, 0.05) is 17.4 Å². The van der Waals surface area contributed by atoms with Gasteiger partial charge in [-0.1, -0.05) is 30.3 Å². The van der Waals surface area contributed by atoms with E-state index in [1.54, 1.807) is 17.6 Å². The maximum Gasteiger partial charge on any atom is 0.261 e. The van der Waals surface area contributed by atoms with Gasteiger partial charge >= 0.3 is 0 Å². The van der Waals surface area contributed by atoms with Crippen LogP contribution in [0.3, 0.4) is 0 Å². The van der Waals surface area contributed by atoms with Gasteiger partial charge in [-0.15, -0.1) is 5.10 Å². The summed E-state index contributed by atoms with van der Waals surface area (Å²) in [5, 5.41) is 18.2. The molecule has 2 aromatic carbocycles. The summed E-state index contributed by atoms with van der Waals surface area (Å²) in [6, 6.07) is 15.7. The quantitative estimate of drug-likeness (QED) is 0.485. The number of nitrogens with zero attached hydrogens (tertiary/aromatic N) is 7. The lowest BCUT2D eigenvalue weighted by Gasteiger charge is -2.09. The lowest BCUT2D eigenvalue weighted by Crippen LogP contribution is -2.13. The molecule has 0 saturated carbocycles. The Morgan fingerprint density at radius 3 is 2.71 bits per heavy atom. The monoisotopic (exact) mass is 414 g/mol. The zero-order valence-corrected chi connectivity index (χ0v) is 16.3. The number of hydrogen-bond acceptors (Lipinski definition) is 6. The van der Waals surface area contributed by atoms with Crippen LogP contribution >= 0.6 is 0 Å². The lowest BCUT2D eigenvalue weighted by molar-refractivity contribution is 0.102. The van der Waals surface area contributed by atoms with Gasteiger partial charge in [-0.25, -0.2) is 13.9 Å². The van der Waals surface area contributed by atoms with Gasteiger partial charge in [0.25, 0.3) is 5.91 Å². The first-order chi connectivity index (χ1) is 15.1. The van der Waals surface area contributed by atoms with Crippen LogP contribution in [0.4, 0.5) is 10.1 Å². The Morgan fingerprint density at radius 1 is 1.10 bits per heavy atom. The molecular weight excluding hydrogens is 399 g/mol. The maximum atomic E-state index is 14.3. The molecule has 0 spiro atoms. The van der Waals surface area contributed by atoms with Gasteiger partial charge in [0.1, 0.15) is 17.1 Å². The van der Waals surface area contributed by atoms with Crippen molar-refractivity contribution in [2.24, 2.45) is 0 Å². The van der Waals surface area contributed by atoms with Crippen molar-refractivity contribution in [1.29, 1.82) is 0 Å². The number of aryl methyl sites for hydroxylation is 1. The molecule has 0 aliphatic carbocycles. The van der Waals surface area contributed by atoms with Crippen LogP contribution in [0.1, 0.15) is 16.2 Å². The molecule has 0 atom stereocenters. The molecule has 3 heterocycles. The number of fused-ring (bicyclic) bond motifs is 1. The summed E-state index contributed by atoms with van der Waals surface area (Å²) in [5.41, 5.74) is 2.98. The first-order valence-corrected chi connectivity index (χ1v) is 9.36. The average Bonchev–Trinajstić information content (AvgIpc) is 3.42. The van der Waals surface area contributed by atoms with E-state index in [2.05, 4.69) is 30.9 Å². The highest BCUT2D eigenvalue weighted by Crippen LogP contribution is 2.23. The summed E-state index contributed by atoms with van der Waals surface area (Å²) in [7, 11) is 0. The summed E-state index contributed by atoms with van der Waals surface area (Å²) in [6.45, 7) is 1.65. The molecule has 0 saturated heterocycles. The van der Waals surface area contributed by atoms with E-state index in [-0.39, 0.29) is 5.69 Å². The van der Waals surface area contributed by atoms with Crippen LogP contribution in [0.25, 0.3) is 22.6 Å². The Kier molecular flexibility index (Phi) is 4.43. The molecule has 152 valence electrons. The molecule has 5 rings (SSSR count). The van der Waals surface area contributed by atoms with Gasteiger partial charge in [0.2, 0.25) is 0 Å². The Bertz CT molecular complexity index is 1410. The molecule has 1 N–H and O–H groups in total. The van der Waals surface area contributed by atoms with E-state index in [0.717, 1.165) is 11.3 Å². The summed E-state index contributed by atoms with van der Waals surface area (Å²) >= 11 is 0. The predicted octanol–water partition coefficient (Wildman–Crippen LogP) is 3.07. The molecule has 0 bridgehead atoms. The smallest absolute Gasteiger partial charge is 0.261 e. The Hall–Kier alpha value is -4.47. The Labute approximate surface area is 175 Å². The van der Waals surface area contributed by atoms with Crippen LogP contribution in [-0.2, 0) is 0 Å². The van der Waals surface area contributed by atoms with Crippen molar-refractivity contribution >= 4 is 17.2 Å². The molecule has 5 aromatic rings. The SMILES string of the molecule is Cc1nnnn1-c1cc(NC(=O)c2cnn3c(-c4ccccc4)ccnc23)ccc1F. The molecule has 0 radical (unpaired) electrons. The summed E-state index contributed by atoms with van der Waals surface area (Å²) in [6.07, 6.45) is 3.09. The van der Waals surface area contributed by atoms with E-state index >= 15 is 0 Å². The van der Waals surface area contributed by atoms with E-state index in [0.29, 0.717) is 22.7 Å². The number of anilines is 1. The van der Waals surface area contributed by atoms with Crippen molar-refractivity contribution in [1.82, 2.24) is 34.8 Å². The highest BCUT2D eigenvalue weighted by Gasteiger charge is 2.18. The van der Waals surface area contributed by atoms with Gasteiger partial charge in [-0.3, -0.25) is 4.79 Å². The molecule has 31 heavy (non-hydrogen) atoms. The van der Waals surface area contributed by atoms with Crippen LogP contribution in [0.15, 0.2) is 67.0 Å². The molecule has 0 aliphatic heterocycles. The van der Waals surface area contributed by atoms with E-state index in [1.165, 1.54) is 29.1 Å². The van der Waals surface area contributed by atoms with E-state index < -0.39 is 11.7 Å². The molecular formula is C21H15FN8O. The fourth-order valence-electron chi connectivity index (χ4n) is 3.28. The highest BCUT2D eigenvalue weighted by molar-refractivity contribution is 6.08. The number of rotatable bonds is 4. The lowest BCUT2D eigenvalue weighted by atomic mass is 10.1. The van der Waals surface area contributed by atoms with E-state index in [1.807, 2.05) is 36.4 Å². The third-order valence-corrected chi connectivity index (χ3v) is 4.77. The van der Waals surface area contributed by atoms with Crippen molar-refractivity contribution < 1.29 is 9.18 Å². The number of hydrogen-bond donors (Lipinski definition) is 1. The van der Waals surface area contributed by atoms with Gasteiger partial charge in [0.15, 0.2) is 11.5 Å². The third-order valence-electron chi connectivity index (χ3n) is 4.77. The molecule has 0 aliphatic rings. The topological polar surface area (TPSA) is 103 Å². The van der Waals surface area contributed by atoms with Crippen LogP contribution in [-0.4, -0.2) is 40.7 Å². The predicted molar refractivity (Wildman–Crippen MR) is 110 cm³/mol. The van der Waals surface area contributed by atoms with Gasteiger partial charge < -0.3 is 5.32 Å². The first kappa shape index (κ1) is 18.6. The molecule has 1 amide bonds. The van der Waals surface area contributed by atoms with Gasteiger partial charge in [-0.05, 0) is 41.6 Å². The number of amides is 1. The van der Waals surface area contributed by atoms with Crippen LogP contribution < -0.4 is 5.32 Å². The zero-order valence-electron chi connectivity index (χ0n) is 16.3. The Morgan fingerprint density at radius 2 is 1.94 bits per heavy atom. The minimum Gasteiger partial charge on any atom is -0.322 e. The van der Waals surface area contributed by atoms with Crippen molar-refractivity contribution in [3.63, 3.8) is 0 Å². The third kappa shape index (κ3) is 3.29. The average molecular weight is 414 g/mol. The molecule has 9 nitrogen and oxygen atoms in total. The number of halogens is 1. The minimum atomic E-state index is -0.515. The number of carbonyl (C=O) groups is 1. The number of aromatic nitrogens is 7. The number of carbonyl (C=O) groups excluding carboxylic acids is 1.